The minimum absolute atomic E-state index is 0.189. The quantitative estimate of drug-likeness (QED) is 0.537. The maximum absolute atomic E-state index is 13.0. The van der Waals surface area contributed by atoms with Crippen LogP contribution in [-0.4, -0.2) is 98.4 Å². The zero-order chi connectivity index (χ0) is 21.6. The molecule has 2 fully saturated rings. The Morgan fingerprint density at radius 3 is 2.43 bits per heavy atom. The Bertz CT molecular complexity index is 656. The minimum atomic E-state index is -4.19. The van der Waals surface area contributed by atoms with Gasteiger partial charge in [-0.15, -0.1) is 11.3 Å². The number of ether oxygens (including phenoxy) is 1. The summed E-state index contributed by atoms with van der Waals surface area (Å²) in [4.78, 5) is 12.2. The number of alkyl halides is 3. The van der Waals surface area contributed by atoms with Crippen LogP contribution in [0.25, 0.3) is 0 Å². The third kappa shape index (κ3) is 6.09. The Hall–Kier alpha value is -1.36. The van der Waals surface area contributed by atoms with E-state index in [4.69, 9.17) is 9.73 Å². The topological polar surface area (TPSA) is 43.3 Å². The molecular weight excluding hydrogens is 415 g/mol. The third-order valence-corrected chi connectivity index (χ3v) is 6.72. The number of rotatable bonds is 6. The number of hydrogen-bond donors (Lipinski definition) is 1. The first-order valence-corrected chi connectivity index (χ1v) is 11.5. The van der Waals surface area contributed by atoms with Gasteiger partial charge in [-0.3, -0.25) is 14.8 Å². The van der Waals surface area contributed by atoms with Crippen LogP contribution in [0.1, 0.15) is 24.8 Å². The second-order valence-corrected chi connectivity index (χ2v) is 8.59. The van der Waals surface area contributed by atoms with Crippen molar-refractivity contribution in [1.29, 1.82) is 0 Å². The van der Waals surface area contributed by atoms with Crippen LogP contribution in [0.15, 0.2) is 22.5 Å². The van der Waals surface area contributed by atoms with Crippen molar-refractivity contribution < 1.29 is 17.9 Å². The first-order valence-electron chi connectivity index (χ1n) is 10.6. The molecule has 10 heteroatoms. The van der Waals surface area contributed by atoms with Crippen LogP contribution < -0.4 is 5.32 Å². The van der Waals surface area contributed by atoms with Gasteiger partial charge < -0.3 is 15.0 Å². The summed E-state index contributed by atoms with van der Waals surface area (Å²) in [6.45, 7) is 9.62. The Morgan fingerprint density at radius 1 is 1.17 bits per heavy atom. The van der Waals surface area contributed by atoms with E-state index in [1.54, 1.807) is 11.3 Å². The number of thiophene rings is 1. The Labute approximate surface area is 180 Å². The standard InChI is InChI=1S/C20H32F3N5OS/c1-3-24-19(28-8-6-26(7-9-28)16(2)20(21,22)23)25-15-17(18-5-4-14-30-18)27-10-12-29-13-11-27/h4-5,14,16-17H,3,6-13,15H2,1-2H3,(H,24,25). The van der Waals surface area contributed by atoms with Crippen LogP contribution in [0.3, 0.4) is 0 Å². The van der Waals surface area contributed by atoms with Gasteiger partial charge in [0.15, 0.2) is 5.96 Å². The molecular formula is C20H32F3N5OS. The van der Waals surface area contributed by atoms with Crippen LogP contribution in [0, 0.1) is 0 Å². The normalized spacial score (nSPS) is 22.2. The fraction of sp³-hybridized carbons (Fsp3) is 0.750. The molecule has 1 aromatic heterocycles. The van der Waals surface area contributed by atoms with Gasteiger partial charge in [0.2, 0.25) is 0 Å². The first-order chi connectivity index (χ1) is 14.4. The van der Waals surface area contributed by atoms with Crippen LogP contribution in [-0.2, 0) is 4.74 Å². The summed E-state index contributed by atoms with van der Waals surface area (Å²) >= 11 is 1.73. The maximum atomic E-state index is 13.0. The molecule has 2 aliphatic heterocycles. The highest BCUT2D eigenvalue weighted by molar-refractivity contribution is 7.10. The number of nitrogens with zero attached hydrogens (tertiary/aromatic N) is 4. The predicted octanol–water partition coefficient (Wildman–Crippen LogP) is 2.66. The number of aliphatic imine (C=N–C) groups is 1. The molecule has 0 saturated carbocycles. The monoisotopic (exact) mass is 447 g/mol. The second kappa shape index (κ2) is 10.8. The molecule has 0 spiro atoms. The van der Waals surface area contributed by atoms with Crippen molar-refractivity contribution in [2.45, 2.75) is 32.1 Å². The van der Waals surface area contributed by atoms with E-state index in [2.05, 4.69) is 32.6 Å². The van der Waals surface area contributed by atoms with Crippen LogP contribution >= 0.6 is 11.3 Å². The summed E-state index contributed by atoms with van der Waals surface area (Å²) in [6, 6.07) is 2.98. The number of morpholine rings is 1. The average molecular weight is 448 g/mol. The molecule has 0 aliphatic carbocycles. The highest BCUT2D eigenvalue weighted by Crippen LogP contribution is 2.27. The third-order valence-electron chi connectivity index (χ3n) is 5.74. The maximum Gasteiger partial charge on any atom is 0.403 e. The van der Waals surface area contributed by atoms with E-state index in [9.17, 15) is 13.2 Å². The molecule has 2 atom stereocenters. The highest BCUT2D eigenvalue weighted by atomic mass is 32.1. The summed E-state index contributed by atoms with van der Waals surface area (Å²) in [7, 11) is 0. The van der Waals surface area contributed by atoms with E-state index in [1.165, 1.54) is 16.7 Å². The van der Waals surface area contributed by atoms with Crippen LogP contribution in [0.5, 0.6) is 0 Å². The lowest BCUT2D eigenvalue weighted by Crippen LogP contribution is -2.56. The molecule has 170 valence electrons. The van der Waals surface area contributed by atoms with Gasteiger partial charge in [-0.2, -0.15) is 13.2 Å². The van der Waals surface area contributed by atoms with E-state index in [0.717, 1.165) is 38.8 Å². The molecule has 1 N–H and O–H groups in total. The SMILES string of the molecule is CCNC(=NCC(c1cccs1)N1CCOCC1)N1CCN(C(C)C(F)(F)F)CC1. The van der Waals surface area contributed by atoms with Crippen molar-refractivity contribution in [1.82, 2.24) is 20.0 Å². The first kappa shape index (κ1) is 23.3. The van der Waals surface area contributed by atoms with Gasteiger partial charge in [0.1, 0.15) is 6.04 Å². The lowest BCUT2D eigenvalue weighted by atomic mass is 10.2. The van der Waals surface area contributed by atoms with Crippen molar-refractivity contribution in [3.8, 4) is 0 Å². The lowest BCUT2D eigenvalue weighted by molar-refractivity contribution is -0.181. The van der Waals surface area contributed by atoms with E-state index >= 15 is 0 Å². The van der Waals surface area contributed by atoms with Gasteiger partial charge in [-0.05, 0) is 25.3 Å². The molecule has 0 aromatic carbocycles. The fourth-order valence-corrected chi connectivity index (χ4v) is 4.73. The lowest BCUT2D eigenvalue weighted by Gasteiger charge is -2.40. The van der Waals surface area contributed by atoms with Crippen molar-refractivity contribution >= 4 is 17.3 Å². The summed E-state index contributed by atoms with van der Waals surface area (Å²) in [5, 5.41) is 5.41. The number of hydrogen-bond acceptors (Lipinski definition) is 5. The molecule has 30 heavy (non-hydrogen) atoms. The molecule has 1 aromatic rings. The van der Waals surface area contributed by atoms with Gasteiger partial charge >= 0.3 is 6.18 Å². The average Bonchev–Trinajstić information content (AvgIpc) is 3.27. The molecule has 0 amide bonds. The van der Waals surface area contributed by atoms with Gasteiger partial charge in [-0.1, -0.05) is 6.07 Å². The molecule has 2 unspecified atom stereocenters. The van der Waals surface area contributed by atoms with E-state index in [-0.39, 0.29) is 6.04 Å². The largest absolute Gasteiger partial charge is 0.403 e. The minimum Gasteiger partial charge on any atom is -0.379 e. The van der Waals surface area contributed by atoms with Crippen LogP contribution in [0.4, 0.5) is 13.2 Å². The van der Waals surface area contributed by atoms with Crippen molar-refractivity contribution in [2.75, 3.05) is 65.6 Å². The second-order valence-electron chi connectivity index (χ2n) is 7.61. The molecule has 2 aliphatic rings. The van der Waals surface area contributed by atoms with Gasteiger partial charge in [0.25, 0.3) is 0 Å². The molecule has 2 saturated heterocycles. The van der Waals surface area contributed by atoms with E-state index in [0.29, 0.717) is 32.7 Å². The number of guanidine groups is 1. The summed E-state index contributed by atoms with van der Waals surface area (Å²) in [5.41, 5.74) is 0. The molecule has 3 rings (SSSR count). The smallest absolute Gasteiger partial charge is 0.379 e. The van der Waals surface area contributed by atoms with Gasteiger partial charge in [0, 0.05) is 50.7 Å². The number of piperazine rings is 1. The zero-order valence-electron chi connectivity index (χ0n) is 17.7. The molecule has 3 heterocycles. The van der Waals surface area contributed by atoms with E-state index < -0.39 is 12.2 Å². The Kier molecular flexibility index (Phi) is 8.38. The summed E-state index contributed by atoms with van der Waals surface area (Å²) in [5.74, 6) is 0.784. The van der Waals surface area contributed by atoms with Crippen molar-refractivity contribution in [3.63, 3.8) is 0 Å². The van der Waals surface area contributed by atoms with E-state index in [1.807, 2.05) is 6.92 Å². The Balaban J connectivity index is 1.66. The molecule has 0 radical (unpaired) electrons. The number of nitrogens with one attached hydrogen (secondary N) is 1. The summed E-state index contributed by atoms with van der Waals surface area (Å²) < 4.78 is 44.6. The predicted molar refractivity (Wildman–Crippen MR) is 114 cm³/mol. The number of halogens is 3. The molecule has 0 bridgehead atoms. The van der Waals surface area contributed by atoms with Gasteiger partial charge in [-0.25, -0.2) is 0 Å². The van der Waals surface area contributed by atoms with Crippen molar-refractivity contribution in [3.05, 3.63) is 22.4 Å². The fourth-order valence-electron chi connectivity index (χ4n) is 3.88. The Morgan fingerprint density at radius 2 is 1.87 bits per heavy atom. The van der Waals surface area contributed by atoms with Gasteiger partial charge in [0.05, 0.1) is 25.8 Å². The molecule has 6 nitrogen and oxygen atoms in total. The van der Waals surface area contributed by atoms with Crippen LogP contribution in [0.2, 0.25) is 0 Å². The summed E-state index contributed by atoms with van der Waals surface area (Å²) in [6.07, 6.45) is -4.19. The van der Waals surface area contributed by atoms with Crippen molar-refractivity contribution in [2.24, 2.45) is 4.99 Å². The highest BCUT2D eigenvalue weighted by Gasteiger charge is 2.41. The zero-order valence-corrected chi connectivity index (χ0v) is 18.5.